The van der Waals surface area contributed by atoms with Gasteiger partial charge in [0, 0.05) is 29.2 Å². The van der Waals surface area contributed by atoms with Crippen LogP contribution in [0.5, 0.6) is 0 Å². The van der Waals surface area contributed by atoms with Crippen molar-refractivity contribution in [3.8, 4) is 0 Å². The molecule has 1 heterocycles. The third kappa shape index (κ3) is 3.00. The van der Waals surface area contributed by atoms with E-state index in [1.807, 2.05) is 32.9 Å². The fraction of sp³-hybridized carbons (Fsp3) is 0.545. The van der Waals surface area contributed by atoms with Gasteiger partial charge >= 0.3 is 0 Å². The number of nitrogens with one attached hydrogen (secondary N) is 1. The number of aryl methyl sites for hydroxylation is 2. The van der Waals surface area contributed by atoms with E-state index >= 15 is 0 Å². The van der Waals surface area contributed by atoms with Crippen molar-refractivity contribution < 1.29 is 0 Å². The zero-order chi connectivity index (χ0) is 10.7. The molecule has 0 spiro atoms. The van der Waals surface area contributed by atoms with E-state index in [9.17, 15) is 0 Å². The number of hydrogen-bond acceptors (Lipinski definition) is 3. The normalized spacial score (nSPS) is 14.9. The first-order valence-electron chi connectivity index (χ1n) is 4.96. The molecule has 3 nitrogen and oxygen atoms in total. The molecule has 0 saturated carbocycles. The Bertz CT molecular complexity index is 287. The maximum Gasteiger partial charge on any atom is 0.0396 e. The third-order valence-electron chi connectivity index (χ3n) is 2.26. The number of pyridine rings is 1. The lowest BCUT2D eigenvalue weighted by molar-refractivity contribution is 0.638. The monoisotopic (exact) mass is 193 g/mol. The Morgan fingerprint density at radius 2 is 1.71 bits per heavy atom. The lowest BCUT2D eigenvalue weighted by atomic mass is 10.1. The maximum atomic E-state index is 5.78. The first-order valence-corrected chi connectivity index (χ1v) is 4.96. The standard InChI is InChI=1S/C11H19N3/c1-7-5-11(6-8(2)13-7)14-10(4)9(3)12/h5-6,9-10H,12H2,1-4H3,(H,13,14). The fourth-order valence-electron chi connectivity index (χ4n) is 1.31. The second kappa shape index (κ2) is 4.42. The molecule has 0 bridgehead atoms. The van der Waals surface area contributed by atoms with Crippen LogP contribution in [-0.4, -0.2) is 17.1 Å². The Hall–Kier alpha value is -1.09. The highest BCUT2D eigenvalue weighted by atomic mass is 14.9. The van der Waals surface area contributed by atoms with Crippen molar-refractivity contribution in [1.29, 1.82) is 0 Å². The Morgan fingerprint density at radius 3 is 2.14 bits per heavy atom. The molecule has 0 fully saturated rings. The molecule has 2 unspecified atom stereocenters. The summed E-state index contributed by atoms with van der Waals surface area (Å²) in [5.41, 5.74) is 8.94. The van der Waals surface area contributed by atoms with E-state index < -0.39 is 0 Å². The van der Waals surface area contributed by atoms with Crippen LogP contribution in [0.25, 0.3) is 0 Å². The van der Waals surface area contributed by atoms with Crippen LogP contribution in [0.3, 0.4) is 0 Å². The summed E-state index contributed by atoms with van der Waals surface area (Å²) < 4.78 is 0. The van der Waals surface area contributed by atoms with Crippen molar-refractivity contribution in [2.45, 2.75) is 39.8 Å². The number of rotatable bonds is 3. The zero-order valence-electron chi connectivity index (χ0n) is 9.33. The predicted octanol–water partition coefficient (Wildman–Crippen LogP) is 1.85. The number of nitrogens with two attached hydrogens (primary N) is 1. The topological polar surface area (TPSA) is 50.9 Å². The van der Waals surface area contributed by atoms with Crippen molar-refractivity contribution in [2.24, 2.45) is 5.73 Å². The molecule has 14 heavy (non-hydrogen) atoms. The number of aromatic nitrogens is 1. The molecule has 0 aliphatic heterocycles. The molecule has 0 aromatic carbocycles. The quantitative estimate of drug-likeness (QED) is 0.770. The number of anilines is 1. The molecule has 2 atom stereocenters. The SMILES string of the molecule is Cc1cc(NC(C)C(C)N)cc(C)n1. The minimum absolute atomic E-state index is 0.142. The molecule has 0 radical (unpaired) electrons. The van der Waals surface area contributed by atoms with Gasteiger partial charge in [-0.3, -0.25) is 4.98 Å². The minimum atomic E-state index is 0.142. The largest absolute Gasteiger partial charge is 0.381 e. The van der Waals surface area contributed by atoms with Crippen molar-refractivity contribution in [3.63, 3.8) is 0 Å². The average molecular weight is 193 g/mol. The van der Waals surface area contributed by atoms with Crippen LogP contribution in [0.1, 0.15) is 25.2 Å². The lowest BCUT2D eigenvalue weighted by Crippen LogP contribution is -2.35. The predicted molar refractivity (Wildman–Crippen MR) is 60.4 cm³/mol. The van der Waals surface area contributed by atoms with Crippen molar-refractivity contribution in [1.82, 2.24) is 4.98 Å². The molecule has 3 heteroatoms. The van der Waals surface area contributed by atoms with Gasteiger partial charge in [-0.25, -0.2) is 0 Å². The van der Waals surface area contributed by atoms with Crippen LogP contribution in [0.4, 0.5) is 5.69 Å². The Labute approximate surface area is 85.7 Å². The summed E-state index contributed by atoms with van der Waals surface area (Å²) in [6.45, 7) is 8.07. The molecule has 0 amide bonds. The molecule has 0 aliphatic carbocycles. The van der Waals surface area contributed by atoms with Crippen LogP contribution < -0.4 is 11.1 Å². The van der Waals surface area contributed by atoms with Crippen LogP contribution in [0.2, 0.25) is 0 Å². The van der Waals surface area contributed by atoms with Gasteiger partial charge in [0.2, 0.25) is 0 Å². The third-order valence-corrected chi connectivity index (χ3v) is 2.26. The summed E-state index contributed by atoms with van der Waals surface area (Å²) in [5, 5.41) is 3.36. The van der Waals surface area contributed by atoms with E-state index in [-0.39, 0.29) is 12.1 Å². The molecule has 78 valence electrons. The van der Waals surface area contributed by atoms with Crippen molar-refractivity contribution >= 4 is 5.69 Å². The highest BCUT2D eigenvalue weighted by Crippen LogP contribution is 2.12. The van der Waals surface area contributed by atoms with Gasteiger partial charge < -0.3 is 11.1 Å². The summed E-state index contributed by atoms with van der Waals surface area (Å²) in [4.78, 5) is 4.32. The van der Waals surface area contributed by atoms with Crippen molar-refractivity contribution in [3.05, 3.63) is 23.5 Å². The van der Waals surface area contributed by atoms with Crippen LogP contribution >= 0.6 is 0 Å². The highest BCUT2D eigenvalue weighted by Gasteiger charge is 2.07. The summed E-state index contributed by atoms with van der Waals surface area (Å²) >= 11 is 0. The fourth-order valence-corrected chi connectivity index (χ4v) is 1.31. The maximum absolute atomic E-state index is 5.78. The van der Waals surface area contributed by atoms with Crippen LogP contribution in [0, 0.1) is 13.8 Å². The highest BCUT2D eigenvalue weighted by molar-refractivity contribution is 5.46. The molecular weight excluding hydrogens is 174 g/mol. The van der Waals surface area contributed by atoms with Gasteiger partial charge in [-0.15, -0.1) is 0 Å². The first-order chi connectivity index (χ1) is 6.49. The Kier molecular flexibility index (Phi) is 3.47. The van der Waals surface area contributed by atoms with Crippen LogP contribution in [-0.2, 0) is 0 Å². The Balaban J connectivity index is 2.76. The first kappa shape index (κ1) is 11.0. The summed E-state index contributed by atoms with van der Waals surface area (Å²) in [6, 6.07) is 4.48. The molecule has 1 aromatic rings. The minimum Gasteiger partial charge on any atom is -0.381 e. The van der Waals surface area contributed by atoms with E-state index in [1.54, 1.807) is 0 Å². The molecule has 3 N–H and O–H groups in total. The van der Waals surface area contributed by atoms with Gasteiger partial charge in [0.15, 0.2) is 0 Å². The molecule has 0 aliphatic rings. The van der Waals surface area contributed by atoms with E-state index in [4.69, 9.17) is 5.73 Å². The van der Waals surface area contributed by atoms with E-state index in [0.29, 0.717) is 0 Å². The van der Waals surface area contributed by atoms with E-state index in [0.717, 1.165) is 17.1 Å². The van der Waals surface area contributed by atoms with Gasteiger partial charge in [-0.05, 0) is 39.8 Å². The van der Waals surface area contributed by atoms with Gasteiger partial charge in [0.25, 0.3) is 0 Å². The average Bonchev–Trinajstić information content (AvgIpc) is 2.01. The van der Waals surface area contributed by atoms with Gasteiger partial charge in [0.05, 0.1) is 0 Å². The van der Waals surface area contributed by atoms with E-state index in [2.05, 4.69) is 17.2 Å². The molecule has 1 rings (SSSR count). The lowest BCUT2D eigenvalue weighted by Gasteiger charge is -2.19. The van der Waals surface area contributed by atoms with Crippen molar-refractivity contribution in [2.75, 3.05) is 5.32 Å². The molecular formula is C11H19N3. The number of nitrogens with zero attached hydrogens (tertiary/aromatic N) is 1. The summed E-state index contributed by atoms with van der Waals surface area (Å²) in [6.07, 6.45) is 0. The second-order valence-corrected chi connectivity index (χ2v) is 3.93. The van der Waals surface area contributed by atoms with E-state index in [1.165, 1.54) is 0 Å². The molecule has 0 saturated heterocycles. The van der Waals surface area contributed by atoms with Gasteiger partial charge in [0.1, 0.15) is 0 Å². The smallest absolute Gasteiger partial charge is 0.0396 e. The summed E-state index contributed by atoms with van der Waals surface area (Å²) in [7, 11) is 0. The van der Waals surface area contributed by atoms with Crippen LogP contribution in [0.15, 0.2) is 12.1 Å². The second-order valence-electron chi connectivity index (χ2n) is 3.93. The zero-order valence-corrected chi connectivity index (χ0v) is 9.33. The van der Waals surface area contributed by atoms with Gasteiger partial charge in [-0.2, -0.15) is 0 Å². The number of hydrogen-bond donors (Lipinski definition) is 2. The Morgan fingerprint density at radius 1 is 1.21 bits per heavy atom. The molecule has 1 aromatic heterocycles. The van der Waals surface area contributed by atoms with Gasteiger partial charge in [-0.1, -0.05) is 0 Å². The summed E-state index contributed by atoms with van der Waals surface area (Å²) in [5.74, 6) is 0.